The predicted octanol–water partition coefficient (Wildman–Crippen LogP) is 4.30. The Morgan fingerprint density at radius 1 is 1.10 bits per heavy atom. The fourth-order valence-corrected chi connectivity index (χ4v) is 4.19. The first-order valence-electron chi connectivity index (χ1n) is 10.1. The first-order valence-corrected chi connectivity index (χ1v) is 10.4. The average Bonchev–Trinajstić information content (AvgIpc) is 2.74. The highest BCUT2D eigenvalue weighted by Crippen LogP contribution is 2.38. The monoisotopic (exact) mass is 418 g/mol. The molecule has 3 rings (SSSR count). The molecule has 0 spiro atoms. The number of likely N-dealkylation sites (tertiary alicyclic amines) is 1. The van der Waals surface area contributed by atoms with E-state index in [9.17, 15) is 9.90 Å². The first kappa shape index (κ1) is 21.9. The molecule has 3 N–H and O–H groups in total. The number of aliphatic hydroxyl groups is 1. The number of carbonyl (C=O) groups is 1. The molecule has 0 amide bonds. The van der Waals surface area contributed by atoms with Gasteiger partial charge in [-0.25, -0.2) is 4.39 Å². The lowest BCUT2D eigenvalue weighted by Gasteiger charge is -2.45. The summed E-state index contributed by atoms with van der Waals surface area (Å²) in [5, 5.41) is 11.7. The molecule has 0 aromatic heterocycles. The molecule has 1 atom stereocenters. The minimum atomic E-state index is -1.65. The Hall–Kier alpha value is -1.79. The second kappa shape index (κ2) is 9.35. The number of Topliss-reactive ketones (excluding diaryl/α,β-unsaturated/α-hetero) is 1. The van der Waals surface area contributed by atoms with Gasteiger partial charge < -0.3 is 10.8 Å². The Kier molecular flexibility index (Phi) is 7.06. The van der Waals surface area contributed by atoms with Crippen molar-refractivity contribution < 1.29 is 14.3 Å². The molecule has 1 aliphatic rings. The summed E-state index contributed by atoms with van der Waals surface area (Å²) in [6.45, 7) is 0.998. The third kappa shape index (κ3) is 5.23. The van der Waals surface area contributed by atoms with Crippen LogP contribution < -0.4 is 5.73 Å². The van der Waals surface area contributed by atoms with Gasteiger partial charge in [0.15, 0.2) is 11.6 Å². The van der Waals surface area contributed by atoms with Crippen LogP contribution in [0, 0.1) is 0 Å². The van der Waals surface area contributed by atoms with Crippen molar-refractivity contribution in [3.63, 3.8) is 0 Å². The van der Waals surface area contributed by atoms with E-state index in [0.29, 0.717) is 36.5 Å². The van der Waals surface area contributed by atoms with E-state index in [1.165, 1.54) is 0 Å². The normalized spacial score (nSPS) is 18.9. The smallest absolute Gasteiger partial charge is 0.165 e. The van der Waals surface area contributed by atoms with Gasteiger partial charge >= 0.3 is 0 Å². The SMILES string of the molecule is NCCC(F)(CCC(=O)c1ccccc1)N1CCC(O)(c2ccc(Cl)cc2)CC1. The molecule has 0 saturated carbocycles. The number of hydrogen-bond acceptors (Lipinski definition) is 4. The number of alkyl halides is 1. The zero-order valence-electron chi connectivity index (χ0n) is 16.5. The van der Waals surface area contributed by atoms with E-state index in [-0.39, 0.29) is 31.6 Å². The van der Waals surface area contributed by atoms with Crippen LogP contribution in [0.15, 0.2) is 54.6 Å². The summed E-state index contributed by atoms with van der Waals surface area (Å²) in [6, 6.07) is 16.1. The Labute approximate surface area is 176 Å². The second-order valence-corrected chi connectivity index (χ2v) is 8.21. The lowest BCUT2D eigenvalue weighted by molar-refractivity contribution is -0.106. The number of carbonyl (C=O) groups excluding carboxylic acids is 1. The molecule has 4 nitrogen and oxygen atoms in total. The van der Waals surface area contributed by atoms with E-state index in [2.05, 4.69) is 0 Å². The molecule has 2 aromatic carbocycles. The summed E-state index contributed by atoms with van der Waals surface area (Å²) < 4.78 is 15.9. The van der Waals surface area contributed by atoms with E-state index in [0.717, 1.165) is 5.56 Å². The van der Waals surface area contributed by atoms with Gasteiger partial charge in [-0.3, -0.25) is 9.69 Å². The van der Waals surface area contributed by atoms with Crippen LogP contribution >= 0.6 is 11.6 Å². The minimum Gasteiger partial charge on any atom is -0.385 e. The largest absolute Gasteiger partial charge is 0.385 e. The van der Waals surface area contributed by atoms with Crippen LogP contribution in [0.1, 0.15) is 48.0 Å². The van der Waals surface area contributed by atoms with Gasteiger partial charge in [-0.1, -0.05) is 54.1 Å². The van der Waals surface area contributed by atoms with Crippen LogP contribution in [0.5, 0.6) is 0 Å². The maximum Gasteiger partial charge on any atom is 0.165 e. The van der Waals surface area contributed by atoms with Crippen molar-refractivity contribution in [2.24, 2.45) is 5.73 Å². The summed E-state index contributed by atoms with van der Waals surface area (Å²) in [5.41, 5.74) is 6.08. The highest BCUT2D eigenvalue weighted by Gasteiger charge is 2.42. The number of hydrogen-bond donors (Lipinski definition) is 2. The van der Waals surface area contributed by atoms with E-state index in [1.54, 1.807) is 41.3 Å². The van der Waals surface area contributed by atoms with Crippen LogP contribution in [-0.4, -0.2) is 41.2 Å². The lowest BCUT2D eigenvalue weighted by atomic mass is 9.83. The Balaban J connectivity index is 1.65. The van der Waals surface area contributed by atoms with Gasteiger partial charge in [0.05, 0.1) is 5.60 Å². The van der Waals surface area contributed by atoms with Crippen LogP contribution in [-0.2, 0) is 5.60 Å². The van der Waals surface area contributed by atoms with Crippen LogP contribution in [0.3, 0.4) is 0 Å². The number of nitrogens with zero attached hydrogens (tertiary/aromatic N) is 1. The van der Waals surface area contributed by atoms with Gasteiger partial charge in [0.1, 0.15) is 0 Å². The fraction of sp³-hybridized carbons (Fsp3) is 0.435. The van der Waals surface area contributed by atoms with Crippen molar-refractivity contribution in [1.82, 2.24) is 4.90 Å². The molecule has 156 valence electrons. The first-order chi connectivity index (χ1) is 13.9. The van der Waals surface area contributed by atoms with E-state index >= 15 is 4.39 Å². The molecule has 1 aliphatic heterocycles. The Morgan fingerprint density at radius 2 is 1.72 bits per heavy atom. The standard InChI is InChI=1S/C23H28ClFN2O2/c24-20-8-6-19(7-9-20)22(29)13-16-27(17-14-22)23(25,12-15-26)11-10-21(28)18-4-2-1-3-5-18/h1-9,29H,10-17,26H2. The van der Waals surface area contributed by atoms with Crippen molar-refractivity contribution in [2.45, 2.75) is 43.5 Å². The topological polar surface area (TPSA) is 66.6 Å². The van der Waals surface area contributed by atoms with Crippen molar-refractivity contribution in [3.05, 3.63) is 70.7 Å². The van der Waals surface area contributed by atoms with Gasteiger partial charge in [0.25, 0.3) is 0 Å². The molecule has 0 aliphatic carbocycles. The summed E-state index contributed by atoms with van der Waals surface area (Å²) in [4.78, 5) is 14.2. The van der Waals surface area contributed by atoms with Crippen molar-refractivity contribution in [3.8, 4) is 0 Å². The molecule has 1 heterocycles. The number of piperidine rings is 1. The number of ketones is 1. The highest BCUT2D eigenvalue weighted by atomic mass is 35.5. The van der Waals surface area contributed by atoms with Gasteiger partial charge in [-0.05, 0) is 37.1 Å². The third-order valence-corrected chi connectivity index (χ3v) is 6.15. The van der Waals surface area contributed by atoms with Crippen LogP contribution in [0.2, 0.25) is 5.02 Å². The third-order valence-electron chi connectivity index (χ3n) is 5.90. The molecule has 1 unspecified atom stereocenters. The van der Waals surface area contributed by atoms with Gasteiger partial charge in [-0.2, -0.15) is 0 Å². The second-order valence-electron chi connectivity index (χ2n) is 7.77. The molecule has 0 bridgehead atoms. The Morgan fingerprint density at radius 3 is 2.31 bits per heavy atom. The quantitative estimate of drug-likeness (QED) is 0.495. The summed E-state index contributed by atoms with van der Waals surface area (Å²) in [5.74, 6) is -1.72. The summed E-state index contributed by atoms with van der Waals surface area (Å²) in [7, 11) is 0. The molecule has 1 saturated heterocycles. The zero-order chi connectivity index (χ0) is 20.9. The van der Waals surface area contributed by atoms with Crippen molar-refractivity contribution in [1.29, 1.82) is 0 Å². The molecule has 0 radical (unpaired) electrons. The predicted molar refractivity (Wildman–Crippen MR) is 114 cm³/mol. The maximum absolute atomic E-state index is 15.9. The number of halogens is 2. The average molecular weight is 419 g/mol. The molecule has 2 aromatic rings. The number of rotatable bonds is 8. The molecule has 6 heteroatoms. The van der Waals surface area contributed by atoms with E-state index < -0.39 is 11.4 Å². The van der Waals surface area contributed by atoms with E-state index in [4.69, 9.17) is 17.3 Å². The Bertz CT molecular complexity index is 807. The lowest BCUT2D eigenvalue weighted by Crippen LogP contribution is -2.53. The zero-order valence-corrected chi connectivity index (χ0v) is 17.2. The maximum atomic E-state index is 15.9. The minimum absolute atomic E-state index is 0.0701. The summed E-state index contributed by atoms with van der Waals surface area (Å²) in [6.07, 6.45) is 1.21. The van der Waals surface area contributed by atoms with Crippen molar-refractivity contribution in [2.75, 3.05) is 19.6 Å². The van der Waals surface area contributed by atoms with Crippen LogP contribution in [0.4, 0.5) is 4.39 Å². The molecular weight excluding hydrogens is 391 g/mol. The van der Waals surface area contributed by atoms with Gasteiger partial charge in [-0.15, -0.1) is 0 Å². The van der Waals surface area contributed by atoms with Gasteiger partial charge in [0, 0.05) is 42.9 Å². The van der Waals surface area contributed by atoms with Gasteiger partial charge in [0.2, 0.25) is 0 Å². The number of nitrogens with two attached hydrogens (primary N) is 1. The number of benzene rings is 2. The van der Waals surface area contributed by atoms with E-state index in [1.807, 2.05) is 18.2 Å². The molecule has 29 heavy (non-hydrogen) atoms. The molecular formula is C23H28ClFN2O2. The summed E-state index contributed by atoms with van der Waals surface area (Å²) >= 11 is 5.94. The van der Waals surface area contributed by atoms with Crippen molar-refractivity contribution >= 4 is 17.4 Å². The molecule has 1 fully saturated rings. The fourth-order valence-electron chi connectivity index (χ4n) is 4.06. The van der Waals surface area contributed by atoms with Crippen LogP contribution in [0.25, 0.3) is 0 Å². The highest BCUT2D eigenvalue weighted by molar-refractivity contribution is 6.30.